The van der Waals surface area contributed by atoms with E-state index in [1.807, 2.05) is 23.8 Å². The highest BCUT2D eigenvalue weighted by atomic mass is 32.2. The molecule has 0 spiro atoms. The molecule has 2 amide bonds. The van der Waals surface area contributed by atoms with Crippen molar-refractivity contribution in [2.24, 2.45) is 5.73 Å². The van der Waals surface area contributed by atoms with Gasteiger partial charge in [0.2, 0.25) is 0 Å². The number of urea groups is 1. The van der Waals surface area contributed by atoms with Crippen LogP contribution in [0.5, 0.6) is 5.75 Å². The maximum absolute atomic E-state index is 12.2. The van der Waals surface area contributed by atoms with Crippen LogP contribution in [-0.4, -0.2) is 26.1 Å². The molecule has 0 saturated heterocycles. The fourth-order valence-electron chi connectivity index (χ4n) is 2.39. The molecule has 0 aliphatic carbocycles. The number of aromatic hydroxyl groups is 1. The van der Waals surface area contributed by atoms with Crippen LogP contribution in [0.4, 0.5) is 4.79 Å². The number of benzene rings is 2. The van der Waals surface area contributed by atoms with Crippen molar-refractivity contribution in [1.82, 2.24) is 10.0 Å². The molecule has 0 heterocycles. The van der Waals surface area contributed by atoms with E-state index in [1.165, 1.54) is 12.1 Å². The number of nitrogens with two attached hydrogens (primary N) is 1. The highest BCUT2D eigenvalue weighted by molar-refractivity contribution is 7.90. The number of rotatable bonds is 7. The number of aryl methyl sites for hydroxylation is 1. The lowest BCUT2D eigenvalue weighted by Gasteiger charge is -2.10. The molecular weight excluding hydrogens is 354 g/mol. The number of carbonyl (C=O) groups excluding carboxylic acids is 1. The van der Waals surface area contributed by atoms with E-state index < -0.39 is 16.1 Å². The van der Waals surface area contributed by atoms with Crippen molar-refractivity contribution in [3.8, 4) is 5.75 Å². The molecule has 7 nitrogen and oxygen atoms in total. The maximum atomic E-state index is 12.2. The van der Waals surface area contributed by atoms with Gasteiger partial charge >= 0.3 is 6.03 Å². The van der Waals surface area contributed by atoms with Crippen LogP contribution < -0.4 is 15.8 Å². The molecule has 8 heteroatoms. The molecule has 0 aliphatic heterocycles. The Labute approximate surface area is 153 Å². The molecule has 2 aromatic carbocycles. The molecule has 5 N–H and O–H groups in total. The number of phenols is 1. The smallest absolute Gasteiger partial charge is 0.328 e. The third-order valence-electron chi connectivity index (χ3n) is 3.93. The number of sulfonamides is 1. The Morgan fingerprint density at radius 3 is 2.38 bits per heavy atom. The first-order valence-electron chi connectivity index (χ1n) is 8.26. The summed E-state index contributed by atoms with van der Waals surface area (Å²) in [5.41, 5.74) is 8.04. The lowest BCUT2D eigenvalue weighted by Crippen LogP contribution is -2.40. The second kappa shape index (κ2) is 8.68. The summed E-state index contributed by atoms with van der Waals surface area (Å²) in [7, 11) is -3.95. The summed E-state index contributed by atoms with van der Waals surface area (Å²) in [6, 6.07) is 10.5. The number of amides is 2. The van der Waals surface area contributed by atoms with Crippen LogP contribution in [0.2, 0.25) is 0 Å². The molecule has 0 aromatic heterocycles. The first kappa shape index (κ1) is 19.7. The zero-order chi connectivity index (χ0) is 19.2. The van der Waals surface area contributed by atoms with E-state index in [4.69, 9.17) is 5.73 Å². The molecule has 140 valence electrons. The van der Waals surface area contributed by atoms with Gasteiger partial charge in [-0.3, -0.25) is 0 Å². The Kier molecular flexibility index (Phi) is 6.59. The Bertz CT molecular complexity index is 865. The van der Waals surface area contributed by atoms with Gasteiger partial charge in [-0.1, -0.05) is 31.2 Å². The zero-order valence-corrected chi connectivity index (χ0v) is 15.3. The minimum atomic E-state index is -3.95. The first-order valence-corrected chi connectivity index (χ1v) is 9.74. The topological polar surface area (TPSA) is 122 Å². The minimum Gasteiger partial charge on any atom is -0.508 e. The molecular formula is C18H23N3O4S. The second-order valence-corrected chi connectivity index (χ2v) is 7.46. The largest absolute Gasteiger partial charge is 0.508 e. The van der Waals surface area contributed by atoms with E-state index >= 15 is 0 Å². The van der Waals surface area contributed by atoms with Crippen molar-refractivity contribution in [2.75, 3.05) is 6.54 Å². The second-order valence-electron chi connectivity index (χ2n) is 5.78. The lowest BCUT2D eigenvalue weighted by atomic mass is 10.1. The van der Waals surface area contributed by atoms with E-state index in [2.05, 4.69) is 5.32 Å². The quantitative estimate of drug-likeness (QED) is 0.584. The van der Waals surface area contributed by atoms with Crippen molar-refractivity contribution >= 4 is 16.1 Å². The summed E-state index contributed by atoms with van der Waals surface area (Å²) in [5.74, 6) is 0.150. The highest BCUT2D eigenvalue weighted by Crippen LogP contribution is 2.19. The summed E-state index contributed by atoms with van der Waals surface area (Å²) < 4.78 is 26.3. The van der Waals surface area contributed by atoms with Gasteiger partial charge in [-0.15, -0.1) is 0 Å². The van der Waals surface area contributed by atoms with Gasteiger partial charge in [0, 0.05) is 13.1 Å². The van der Waals surface area contributed by atoms with Crippen LogP contribution in [0, 0.1) is 0 Å². The summed E-state index contributed by atoms with van der Waals surface area (Å²) in [5, 5.41) is 12.3. The lowest BCUT2D eigenvalue weighted by molar-refractivity contribution is 0.246. The summed E-state index contributed by atoms with van der Waals surface area (Å²) in [6.07, 6.45) is 1.22. The minimum absolute atomic E-state index is 0.0156. The standard InChI is InChI=1S/C18H23N3O4S/c1-2-13-5-8-17(22)15(11-13)9-10-20-18(23)21-26(24,25)16-6-3-14(12-19)4-7-16/h3-8,11,22H,2,9-10,12,19H2,1H3,(H2,20,21,23). The van der Waals surface area contributed by atoms with Gasteiger partial charge in [0.25, 0.3) is 10.0 Å². The third kappa shape index (κ3) is 5.21. The molecule has 0 fully saturated rings. The SMILES string of the molecule is CCc1ccc(O)c(CCNC(=O)NS(=O)(=O)c2ccc(CN)cc2)c1. The predicted octanol–water partition coefficient (Wildman–Crippen LogP) is 1.64. The monoisotopic (exact) mass is 377 g/mol. The van der Waals surface area contributed by atoms with Crippen LogP contribution in [0.15, 0.2) is 47.4 Å². The summed E-state index contributed by atoms with van der Waals surface area (Å²) >= 11 is 0. The third-order valence-corrected chi connectivity index (χ3v) is 5.28. The van der Waals surface area contributed by atoms with E-state index in [-0.39, 0.29) is 17.2 Å². The maximum Gasteiger partial charge on any atom is 0.328 e. The molecule has 0 unspecified atom stereocenters. The zero-order valence-electron chi connectivity index (χ0n) is 14.5. The van der Waals surface area contributed by atoms with Gasteiger partial charge < -0.3 is 16.2 Å². The van der Waals surface area contributed by atoms with Crippen molar-refractivity contribution < 1.29 is 18.3 Å². The number of phenolic OH excluding ortho intramolecular Hbond substituents is 1. The molecule has 0 saturated carbocycles. The fraction of sp³-hybridized carbons (Fsp3) is 0.278. The molecule has 0 radical (unpaired) electrons. The van der Waals surface area contributed by atoms with Crippen LogP contribution in [0.1, 0.15) is 23.6 Å². The number of nitrogens with one attached hydrogen (secondary N) is 2. The fourth-order valence-corrected chi connectivity index (χ4v) is 3.32. The van der Waals surface area contributed by atoms with Gasteiger partial charge in [0.15, 0.2) is 0 Å². The molecule has 0 aliphatic rings. The van der Waals surface area contributed by atoms with Crippen LogP contribution in [0.3, 0.4) is 0 Å². The van der Waals surface area contributed by atoms with Gasteiger partial charge in [-0.25, -0.2) is 17.9 Å². The molecule has 2 aromatic rings. The average Bonchev–Trinajstić information content (AvgIpc) is 2.63. The molecule has 0 bridgehead atoms. The highest BCUT2D eigenvalue weighted by Gasteiger charge is 2.17. The molecule has 0 atom stereocenters. The normalized spacial score (nSPS) is 11.2. The average molecular weight is 377 g/mol. The van der Waals surface area contributed by atoms with Gasteiger partial charge in [-0.05, 0) is 47.7 Å². The first-order chi connectivity index (χ1) is 12.4. The Morgan fingerprint density at radius 1 is 1.12 bits per heavy atom. The van der Waals surface area contributed by atoms with Crippen LogP contribution in [-0.2, 0) is 29.4 Å². The Morgan fingerprint density at radius 2 is 1.77 bits per heavy atom. The van der Waals surface area contributed by atoms with E-state index in [0.717, 1.165) is 17.5 Å². The summed E-state index contributed by atoms with van der Waals surface area (Å²) in [6.45, 7) is 2.50. The molecule has 26 heavy (non-hydrogen) atoms. The van der Waals surface area contributed by atoms with Crippen molar-refractivity contribution in [2.45, 2.75) is 31.2 Å². The van der Waals surface area contributed by atoms with Crippen LogP contribution >= 0.6 is 0 Å². The summed E-state index contributed by atoms with van der Waals surface area (Å²) in [4.78, 5) is 11.9. The predicted molar refractivity (Wildman–Crippen MR) is 99.2 cm³/mol. The molecule has 2 rings (SSSR count). The van der Waals surface area contributed by atoms with Crippen molar-refractivity contribution in [1.29, 1.82) is 0 Å². The van der Waals surface area contributed by atoms with Crippen molar-refractivity contribution in [3.63, 3.8) is 0 Å². The van der Waals surface area contributed by atoms with Crippen LogP contribution in [0.25, 0.3) is 0 Å². The Hall–Kier alpha value is -2.58. The van der Waals surface area contributed by atoms with Gasteiger partial charge in [0.1, 0.15) is 5.75 Å². The van der Waals surface area contributed by atoms with E-state index in [9.17, 15) is 18.3 Å². The number of carbonyl (C=O) groups is 1. The van der Waals surface area contributed by atoms with Gasteiger partial charge in [0.05, 0.1) is 4.90 Å². The Balaban J connectivity index is 1.91. The number of hydrogen-bond donors (Lipinski definition) is 4. The van der Waals surface area contributed by atoms with Crippen molar-refractivity contribution in [3.05, 3.63) is 59.2 Å². The van der Waals surface area contributed by atoms with E-state index in [1.54, 1.807) is 18.2 Å². The van der Waals surface area contributed by atoms with Gasteiger partial charge in [-0.2, -0.15) is 0 Å². The van der Waals surface area contributed by atoms with E-state index in [0.29, 0.717) is 18.5 Å². The number of hydrogen-bond acceptors (Lipinski definition) is 5.